The maximum absolute atomic E-state index is 13.0. The topological polar surface area (TPSA) is 102 Å². The van der Waals surface area contributed by atoms with Crippen molar-refractivity contribution in [1.29, 1.82) is 0 Å². The van der Waals surface area contributed by atoms with Gasteiger partial charge in [0.25, 0.3) is 5.91 Å². The molecule has 8 nitrogen and oxygen atoms in total. The quantitative estimate of drug-likeness (QED) is 0.614. The molecule has 1 aromatic carbocycles. The van der Waals surface area contributed by atoms with Crippen LogP contribution in [0.5, 0.6) is 5.75 Å². The second-order valence-electron chi connectivity index (χ2n) is 7.49. The SMILES string of the molecule is CC(C)(C)c1ncc(Nc2cncnc2)c(C(=O)Nc2cccc(OC(F)(F)F)c2)n1. The van der Waals surface area contributed by atoms with Gasteiger partial charge < -0.3 is 15.4 Å². The third kappa shape index (κ3) is 6.11. The van der Waals surface area contributed by atoms with Crippen molar-refractivity contribution in [2.45, 2.75) is 32.5 Å². The first kappa shape index (κ1) is 21.9. The normalized spacial score (nSPS) is 11.7. The number of rotatable bonds is 5. The van der Waals surface area contributed by atoms with Crippen molar-refractivity contribution in [3.63, 3.8) is 0 Å². The van der Waals surface area contributed by atoms with Crippen molar-refractivity contribution in [2.24, 2.45) is 0 Å². The average Bonchev–Trinajstić information content (AvgIpc) is 2.67. The van der Waals surface area contributed by atoms with Gasteiger partial charge in [-0.2, -0.15) is 0 Å². The molecule has 0 bridgehead atoms. The Balaban J connectivity index is 1.92. The summed E-state index contributed by atoms with van der Waals surface area (Å²) in [6.45, 7) is 5.67. The Morgan fingerprint density at radius 3 is 2.39 bits per heavy atom. The molecule has 3 aromatic rings. The molecule has 0 fully saturated rings. The largest absolute Gasteiger partial charge is 0.573 e. The van der Waals surface area contributed by atoms with Gasteiger partial charge in [-0.3, -0.25) is 4.79 Å². The molecule has 0 saturated heterocycles. The minimum absolute atomic E-state index is 0.00548. The Hall–Kier alpha value is -3.76. The highest BCUT2D eigenvalue weighted by atomic mass is 19.4. The van der Waals surface area contributed by atoms with Gasteiger partial charge in [0.05, 0.1) is 30.0 Å². The highest BCUT2D eigenvalue weighted by molar-refractivity contribution is 6.06. The first-order valence-electron chi connectivity index (χ1n) is 9.08. The smallest absolute Gasteiger partial charge is 0.406 e. The number of hydrogen-bond acceptors (Lipinski definition) is 7. The highest BCUT2D eigenvalue weighted by Crippen LogP contribution is 2.27. The third-order valence-corrected chi connectivity index (χ3v) is 3.84. The van der Waals surface area contributed by atoms with Crippen molar-refractivity contribution in [1.82, 2.24) is 19.9 Å². The molecule has 0 aliphatic rings. The molecule has 0 unspecified atom stereocenters. The fourth-order valence-corrected chi connectivity index (χ4v) is 2.49. The lowest BCUT2D eigenvalue weighted by atomic mass is 9.95. The van der Waals surface area contributed by atoms with Crippen LogP contribution in [0.25, 0.3) is 0 Å². The van der Waals surface area contributed by atoms with Crippen LogP contribution in [0.15, 0.2) is 49.2 Å². The maximum atomic E-state index is 13.0. The Bertz CT molecular complexity index is 1070. The van der Waals surface area contributed by atoms with E-state index in [-0.39, 0.29) is 17.1 Å². The summed E-state index contributed by atoms with van der Waals surface area (Å²) < 4.78 is 41.3. The number of anilines is 3. The Labute approximate surface area is 175 Å². The molecule has 31 heavy (non-hydrogen) atoms. The van der Waals surface area contributed by atoms with Crippen molar-refractivity contribution in [2.75, 3.05) is 10.6 Å². The van der Waals surface area contributed by atoms with Gasteiger partial charge >= 0.3 is 6.36 Å². The molecule has 2 heterocycles. The number of alkyl halides is 3. The second kappa shape index (κ2) is 8.54. The van der Waals surface area contributed by atoms with E-state index in [1.165, 1.54) is 37.1 Å². The van der Waals surface area contributed by atoms with E-state index in [0.717, 1.165) is 12.1 Å². The van der Waals surface area contributed by atoms with Crippen LogP contribution in [-0.2, 0) is 5.41 Å². The molecule has 3 rings (SSSR count). The molecule has 0 spiro atoms. The summed E-state index contributed by atoms with van der Waals surface area (Å²) in [5.41, 5.74) is 0.457. The monoisotopic (exact) mass is 432 g/mol. The molecule has 162 valence electrons. The molecule has 0 aliphatic carbocycles. The minimum atomic E-state index is -4.84. The minimum Gasteiger partial charge on any atom is -0.406 e. The number of halogens is 3. The van der Waals surface area contributed by atoms with E-state index in [4.69, 9.17) is 0 Å². The van der Waals surface area contributed by atoms with Crippen molar-refractivity contribution >= 4 is 23.0 Å². The van der Waals surface area contributed by atoms with E-state index in [0.29, 0.717) is 11.5 Å². The number of carbonyl (C=O) groups is 1. The van der Waals surface area contributed by atoms with E-state index in [1.54, 1.807) is 0 Å². The first-order valence-corrected chi connectivity index (χ1v) is 9.08. The lowest BCUT2D eigenvalue weighted by Crippen LogP contribution is -2.22. The van der Waals surface area contributed by atoms with E-state index in [9.17, 15) is 18.0 Å². The maximum Gasteiger partial charge on any atom is 0.573 e. The summed E-state index contributed by atoms with van der Waals surface area (Å²) in [6, 6.07) is 4.96. The number of nitrogens with one attached hydrogen (secondary N) is 2. The molecule has 1 amide bonds. The number of benzene rings is 1. The number of amides is 1. The lowest BCUT2D eigenvalue weighted by molar-refractivity contribution is -0.274. The molecule has 0 aliphatic heterocycles. The third-order valence-electron chi connectivity index (χ3n) is 3.84. The van der Waals surface area contributed by atoms with Gasteiger partial charge in [-0.15, -0.1) is 13.2 Å². The highest BCUT2D eigenvalue weighted by Gasteiger charge is 2.31. The van der Waals surface area contributed by atoms with Gasteiger partial charge in [0.2, 0.25) is 0 Å². The molecule has 2 aromatic heterocycles. The predicted octanol–water partition coefficient (Wildman–Crippen LogP) is 4.46. The molecule has 0 saturated carbocycles. The number of nitrogens with zero attached hydrogens (tertiary/aromatic N) is 4. The molecular weight excluding hydrogens is 413 g/mol. The zero-order valence-corrected chi connectivity index (χ0v) is 16.9. The average molecular weight is 432 g/mol. The summed E-state index contributed by atoms with van der Waals surface area (Å²) in [4.78, 5) is 29.5. The van der Waals surface area contributed by atoms with Crippen molar-refractivity contribution in [3.8, 4) is 5.75 Å². The first-order chi connectivity index (χ1) is 14.5. The fourth-order valence-electron chi connectivity index (χ4n) is 2.49. The van der Waals surface area contributed by atoms with Gasteiger partial charge in [0, 0.05) is 17.2 Å². The fraction of sp³-hybridized carbons (Fsp3) is 0.250. The van der Waals surface area contributed by atoms with Crippen LogP contribution < -0.4 is 15.4 Å². The standard InChI is InChI=1S/C20H19F3N6O2/c1-19(2,3)18-26-10-15(27-13-8-24-11-25-9-13)16(29-18)17(30)28-12-5-4-6-14(7-12)31-20(21,22)23/h4-11,27H,1-3H3,(H,28,30). The summed E-state index contributed by atoms with van der Waals surface area (Å²) in [5, 5.41) is 5.52. The number of carbonyl (C=O) groups excluding carboxylic acids is 1. The van der Waals surface area contributed by atoms with E-state index >= 15 is 0 Å². The van der Waals surface area contributed by atoms with E-state index in [2.05, 4.69) is 35.3 Å². The van der Waals surface area contributed by atoms with Gasteiger partial charge in [-0.05, 0) is 12.1 Å². The molecule has 0 radical (unpaired) electrons. The second-order valence-corrected chi connectivity index (χ2v) is 7.49. The number of aromatic nitrogens is 4. The molecule has 11 heteroatoms. The van der Waals surface area contributed by atoms with Crippen LogP contribution in [0.4, 0.5) is 30.2 Å². The van der Waals surface area contributed by atoms with E-state index < -0.39 is 23.4 Å². The Kier molecular flexibility index (Phi) is 6.04. The van der Waals surface area contributed by atoms with Crippen LogP contribution >= 0.6 is 0 Å². The van der Waals surface area contributed by atoms with Crippen LogP contribution in [0, 0.1) is 0 Å². The molecular formula is C20H19F3N6O2. The van der Waals surface area contributed by atoms with Gasteiger partial charge in [0.15, 0.2) is 5.69 Å². The van der Waals surface area contributed by atoms with Gasteiger partial charge in [-0.25, -0.2) is 19.9 Å². The molecule has 0 atom stereocenters. The van der Waals surface area contributed by atoms with Gasteiger partial charge in [-0.1, -0.05) is 26.8 Å². The zero-order valence-electron chi connectivity index (χ0n) is 16.9. The lowest BCUT2D eigenvalue weighted by Gasteiger charge is -2.19. The predicted molar refractivity (Wildman–Crippen MR) is 107 cm³/mol. The van der Waals surface area contributed by atoms with Crippen LogP contribution in [0.2, 0.25) is 0 Å². The van der Waals surface area contributed by atoms with Crippen LogP contribution in [0.3, 0.4) is 0 Å². The molecule has 2 N–H and O–H groups in total. The van der Waals surface area contributed by atoms with E-state index in [1.807, 2.05) is 20.8 Å². The number of hydrogen-bond donors (Lipinski definition) is 2. The van der Waals surface area contributed by atoms with Crippen LogP contribution in [0.1, 0.15) is 37.1 Å². The van der Waals surface area contributed by atoms with Gasteiger partial charge in [0.1, 0.15) is 17.9 Å². The Morgan fingerprint density at radius 1 is 1.03 bits per heavy atom. The summed E-state index contributed by atoms with van der Waals surface area (Å²) in [5.74, 6) is -0.679. The summed E-state index contributed by atoms with van der Waals surface area (Å²) in [7, 11) is 0. The van der Waals surface area contributed by atoms with Crippen molar-refractivity contribution < 1.29 is 22.7 Å². The van der Waals surface area contributed by atoms with Crippen molar-refractivity contribution in [3.05, 3.63) is 60.7 Å². The summed E-state index contributed by atoms with van der Waals surface area (Å²) >= 11 is 0. The number of ether oxygens (including phenoxy) is 1. The zero-order chi connectivity index (χ0) is 22.6. The Morgan fingerprint density at radius 2 is 1.74 bits per heavy atom. The summed E-state index contributed by atoms with van der Waals surface area (Å²) in [6.07, 6.45) is 0.979. The van der Waals surface area contributed by atoms with Crippen LogP contribution in [-0.4, -0.2) is 32.2 Å².